The maximum absolute atomic E-state index is 13.1. The third kappa shape index (κ3) is 6.73. The molecule has 0 aromatic carbocycles. The zero-order valence-electron chi connectivity index (χ0n) is 17.7. The summed E-state index contributed by atoms with van der Waals surface area (Å²) in [5.74, 6) is -0.383. The zero-order chi connectivity index (χ0) is 24.4. The van der Waals surface area contributed by atoms with Gasteiger partial charge < -0.3 is 10.6 Å². The molecule has 3 aromatic rings. The molecule has 2 N–H and O–H groups in total. The molecule has 0 bridgehead atoms. The van der Waals surface area contributed by atoms with Crippen LogP contribution in [0.4, 0.5) is 43.7 Å². The second-order valence-electron chi connectivity index (χ2n) is 8.19. The number of halogens is 6. The van der Waals surface area contributed by atoms with Gasteiger partial charge in [-0.2, -0.15) is 26.3 Å². The van der Waals surface area contributed by atoms with Gasteiger partial charge in [-0.05, 0) is 23.6 Å². The van der Waals surface area contributed by atoms with Crippen molar-refractivity contribution in [1.82, 2.24) is 24.9 Å². The van der Waals surface area contributed by atoms with Gasteiger partial charge in [0.05, 0.1) is 0 Å². The molecule has 176 valence electrons. The van der Waals surface area contributed by atoms with Crippen LogP contribution in [-0.2, 0) is 12.4 Å². The van der Waals surface area contributed by atoms with Crippen molar-refractivity contribution in [3.8, 4) is 11.6 Å². The third-order valence-corrected chi connectivity index (χ3v) is 3.99. The van der Waals surface area contributed by atoms with E-state index in [1.54, 1.807) is 0 Å². The van der Waals surface area contributed by atoms with Crippen molar-refractivity contribution in [2.24, 2.45) is 5.41 Å². The fourth-order valence-electron chi connectivity index (χ4n) is 2.49. The van der Waals surface area contributed by atoms with Gasteiger partial charge in [0.2, 0.25) is 5.82 Å². The van der Waals surface area contributed by atoms with E-state index in [1.807, 2.05) is 20.8 Å². The number of aromatic nitrogens is 5. The molecule has 0 aliphatic heterocycles. The van der Waals surface area contributed by atoms with Gasteiger partial charge in [-0.25, -0.2) is 19.9 Å². The summed E-state index contributed by atoms with van der Waals surface area (Å²) in [5.41, 5.74) is -2.44. The lowest BCUT2D eigenvalue weighted by Gasteiger charge is -2.20. The molecule has 0 aliphatic carbocycles. The highest BCUT2D eigenvalue weighted by molar-refractivity contribution is 5.62. The van der Waals surface area contributed by atoms with Crippen LogP contribution in [0.3, 0.4) is 0 Å². The van der Waals surface area contributed by atoms with Crippen LogP contribution in [-0.4, -0.2) is 31.5 Å². The fourth-order valence-corrected chi connectivity index (χ4v) is 2.49. The van der Waals surface area contributed by atoms with E-state index in [0.717, 1.165) is 18.5 Å². The Balaban J connectivity index is 2.02. The van der Waals surface area contributed by atoms with Crippen LogP contribution in [0.15, 0.2) is 36.7 Å². The first-order valence-electron chi connectivity index (χ1n) is 9.54. The molecule has 13 heteroatoms. The van der Waals surface area contributed by atoms with Gasteiger partial charge in [0.15, 0.2) is 5.82 Å². The number of hydrogen-bond acceptors (Lipinski definition) is 7. The van der Waals surface area contributed by atoms with Gasteiger partial charge >= 0.3 is 12.4 Å². The van der Waals surface area contributed by atoms with Crippen LogP contribution >= 0.6 is 0 Å². The van der Waals surface area contributed by atoms with Crippen LogP contribution in [0.25, 0.3) is 11.6 Å². The molecule has 3 rings (SSSR count). The lowest BCUT2D eigenvalue weighted by atomic mass is 9.97. The van der Waals surface area contributed by atoms with Crippen LogP contribution in [0.1, 0.15) is 32.2 Å². The SMILES string of the molecule is CC(C)(C)CNc1cc(Nc2ccnc(C(F)(F)F)c2)nc(-c2nccc(C(F)(F)F)n2)n1. The largest absolute Gasteiger partial charge is 0.433 e. The Bertz CT molecular complexity index is 1120. The minimum absolute atomic E-state index is 0.0220. The maximum Gasteiger partial charge on any atom is 0.433 e. The average Bonchev–Trinajstić information content (AvgIpc) is 2.71. The average molecular weight is 471 g/mol. The molecule has 0 saturated heterocycles. The van der Waals surface area contributed by atoms with Gasteiger partial charge in [-0.15, -0.1) is 0 Å². The summed E-state index contributed by atoms with van der Waals surface area (Å²) in [5, 5.41) is 5.74. The van der Waals surface area contributed by atoms with Gasteiger partial charge in [-0.1, -0.05) is 20.8 Å². The van der Waals surface area contributed by atoms with E-state index in [0.29, 0.717) is 12.6 Å². The number of nitrogens with zero attached hydrogens (tertiary/aromatic N) is 5. The van der Waals surface area contributed by atoms with Crippen molar-refractivity contribution < 1.29 is 26.3 Å². The quantitative estimate of drug-likeness (QED) is 0.471. The topological polar surface area (TPSA) is 88.5 Å². The second kappa shape index (κ2) is 8.79. The minimum Gasteiger partial charge on any atom is -0.369 e. The van der Waals surface area contributed by atoms with Crippen LogP contribution < -0.4 is 10.6 Å². The number of rotatable bonds is 5. The van der Waals surface area contributed by atoms with Gasteiger partial charge in [0.25, 0.3) is 0 Å². The molecule has 3 heterocycles. The molecule has 0 aliphatic rings. The van der Waals surface area contributed by atoms with E-state index in [2.05, 4.69) is 35.6 Å². The third-order valence-electron chi connectivity index (χ3n) is 3.99. The summed E-state index contributed by atoms with van der Waals surface area (Å²) in [6, 6.07) is 4.20. The van der Waals surface area contributed by atoms with E-state index in [9.17, 15) is 26.3 Å². The monoisotopic (exact) mass is 471 g/mol. The number of anilines is 3. The van der Waals surface area contributed by atoms with E-state index in [4.69, 9.17) is 0 Å². The molecule has 0 spiro atoms. The minimum atomic E-state index is -4.70. The first-order chi connectivity index (χ1) is 15.2. The Morgan fingerprint density at radius 1 is 0.727 bits per heavy atom. The van der Waals surface area contributed by atoms with E-state index < -0.39 is 29.6 Å². The summed E-state index contributed by atoms with van der Waals surface area (Å²) in [6.45, 7) is 6.30. The summed E-state index contributed by atoms with van der Waals surface area (Å²) < 4.78 is 78.1. The summed E-state index contributed by atoms with van der Waals surface area (Å²) in [6.07, 6.45) is -7.46. The van der Waals surface area contributed by atoms with Gasteiger partial charge in [0, 0.05) is 30.7 Å². The molecule has 0 fully saturated rings. The Hall–Kier alpha value is -3.51. The highest BCUT2D eigenvalue weighted by Crippen LogP contribution is 2.31. The molecule has 0 amide bonds. The fraction of sp³-hybridized carbons (Fsp3) is 0.350. The highest BCUT2D eigenvalue weighted by atomic mass is 19.4. The van der Waals surface area contributed by atoms with E-state index in [-0.39, 0.29) is 28.6 Å². The first-order valence-corrected chi connectivity index (χ1v) is 9.54. The van der Waals surface area contributed by atoms with Crippen molar-refractivity contribution in [3.05, 3.63) is 48.0 Å². The normalized spacial score (nSPS) is 12.5. The Kier molecular flexibility index (Phi) is 6.43. The lowest BCUT2D eigenvalue weighted by molar-refractivity contribution is -0.141. The molecule has 0 unspecified atom stereocenters. The second-order valence-corrected chi connectivity index (χ2v) is 8.19. The summed E-state index contributed by atoms with van der Waals surface area (Å²) in [7, 11) is 0. The van der Waals surface area contributed by atoms with Gasteiger partial charge in [0.1, 0.15) is 23.0 Å². The predicted octanol–water partition coefficient (Wildman–Crippen LogP) is 5.57. The number of hydrogen-bond donors (Lipinski definition) is 2. The highest BCUT2D eigenvalue weighted by Gasteiger charge is 2.33. The number of nitrogens with one attached hydrogen (secondary N) is 2. The van der Waals surface area contributed by atoms with Crippen LogP contribution in [0, 0.1) is 5.41 Å². The van der Waals surface area contributed by atoms with Crippen molar-refractivity contribution in [3.63, 3.8) is 0 Å². The molecule has 3 aromatic heterocycles. The summed E-state index contributed by atoms with van der Waals surface area (Å²) in [4.78, 5) is 18.9. The van der Waals surface area contributed by atoms with Crippen molar-refractivity contribution >= 4 is 17.3 Å². The molecular formula is C20H19F6N7. The molecule has 33 heavy (non-hydrogen) atoms. The molecule has 7 nitrogen and oxygen atoms in total. The predicted molar refractivity (Wildman–Crippen MR) is 109 cm³/mol. The molecule has 0 atom stereocenters. The first kappa shape index (κ1) is 24.1. The Morgan fingerprint density at radius 2 is 1.36 bits per heavy atom. The van der Waals surface area contributed by atoms with Crippen molar-refractivity contribution in [1.29, 1.82) is 0 Å². The Labute approximate surface area is 184 Å². The van der Waals surface area contributed by atoms with Crippen molar-refractivity contribution in [2.75, 3.05) is 17.2 Å². The molecule has 0 saturated carbocycles. The molecule has 0 radical (unpaired) electrons. The lowest BCUT2D eigenvalue weighted by Crippen LogP contribution is -2.20. The zero-order valence-corrected chi connectivity index (χ0v) is 17.7. The van der Waals surface area contributed by atoms with Crippen LogP contribution in [0.2, 0.25) is 0 Å². The van der Waals surface area contributed by atoms with E-state index in [1.165, 1.54) is 12.1 Å². The van der Waals surface area contributed by atoms with E-state index >= 15 is 0 Å². The van der Waals surface area contributed by atoms with Crippen LogP contribution in [0.5, 0.6) is 0 Å². The number of alkyl halides is 6. The standard InChI is InChI=1S/C20H19F6N7/c1-18(2,3)10-29-14-9-15(30-11-4-6-27-13(8-11)20(24,25)26)33-17(32-14)16-28-7-5-12(31-16)19(21,22)23/h4-9H,10H2,1-3H3,(H2,27,29,30,32,33). The van der Waals surface area contributed by atoms with Crippen molar-refractivity contribution in [2.45, 2.75) is 33.1 Å². The Morgan fingerprint density at radius 3 is 2.00 bits per heavy atom. The number of pyridine rings is 1. The molecular weight excluding hydrogens is 452 g/mol. The summed E-state index contributed by atoms with van der Waals surface area (Å²) >= 11 is 0. The smallest absolute Gasteiger partial charge is 0.369 e. The maximum atomic E-state index is 13.1. The van der Waals surface area contributed by atoms with Gasteiger partial charge in [-0.3, -0.25) is 4.98 Å².